The standard InChI is InChI=1S/C16H20N2O2/c1-12-13(11-20-18-12)9-10-15(19)17-16(2,3)14-7-5-4-6-8-14/h4-8,11H,9-10H2,1-3H3,(H,17,19). The number of nitrogens with zero attached hydrogens (tertiary/aromatic N) is 1. The van der Waals surface area contributed by atoms with Gasteiger partial charge in [-0.3, -0.25) is 4.79 Å². The number of rotatable bonds is 5. The maximum Gasteiger partial charge on any atom is 0.221 e. The lowest BCUT2D eigenvalue weighted by Gasteiger charge is -2.27. The molecule has 0 saturated heterocycles. The van der Waals surface area contributed by atoms with E-state index < -0.39 is 0 Å². The molecule has 0 aliphatic carbocycles. The molecule has 4 nitrogen and oxygen atoms in total. The van der Waals surface area contributed by atoms with Crippen LogP contribution in [0.2, 0.25) is 0 Å². The first-order valence-electron chi connectivity index (χ1n) is 6.75. The van der Waals surface area contributed by atoms with Gasteiger partial charge in [-0.15, -0.1) is 0 Å². The second-order valence-electron chi connectivity index (χ2n) is 5.46. The van der Waals surface area contributed by atoms with Gasteiger partial charge in [0.25, 0.3) is 0 Å². The number of hydrogen-bond donors (Lipinski definition) is 1. The number of carbonyl (C=O) groups excluding carboxylic acids is 1. The van der Waals surface area contributed by atoms with Crippen molar-refractivity contribution in [2.75, 3.05) is 0 Å². The van der Waals surface area contributed by atoms with Gasteiger partial charge in [0.05, 0.1) is 11.2 Å². The number of aromatic nitrogens is 1. The van der Waals surface area contributed by atoms with Crippen LogP contribution < -0.4 is 5.32 Å². The van der Waals surface area contributed by atoms with Crippen molar-refractivity contribution in [2.45, 2.75) is 39.2 Å². The molecule has 0 bridgehead atoms. The van der Waals surface area contributed by atoms with E-state index >= 15 is 0 Å². The molecule has 0 unspecified atom stereocenters. The maximum absolute atomic E-state index is 12.1. The fourth-order valence-corrected chi connectivity index (χ4v) is 2.14. The van der Waals surface area contributed by atoms with Gasteiger partial charge in [0.1, 0.15) is 6.26 Å². The van der Waals surface area contributed by atoms with Crippen LogP contribution in [0.15, 0.2) is 41.1 Å². The molecule has 106 valence electrons. The maximum atomic E-state index is 12.1. The van der Waals surface area contributed by atoms with Crippen molar-refractivity contribution in [1.82, 2.24) is 10.5 Å². The number of benzene rings is 1. The van der Waals surface area contributed by atoms with Crippen LogP contribution in [0.25, 0.3) is 0 Å². The van der Waals surface area contributed by atoms with Crippen LogP contribution in [0, 0.1) is 6.92 Å². The van der Waals surface area contributed by atoms with Gasteiger partial charge in [-0.1, -0.05) is 35.5 Å². The Kier molecular flexibility index (Phi) is 4.23. The molecule has 1 amide bonds. The average molecular weight is 272 g/mol. The summed E-state index contributed by atoms with van der Waals surface area (Å²) in [6, 6.07) is 9.96. The molecule has 2 aromatic rings. The van der Waals surface area contributed by atoms with Gasteiger partial charge < -0.3 is 9.84 Å². The fourth-order valence-electron chi connectivity index (χ4n) is 2.14. The topological polar surface area (TPSA) is 55.1 Å². The summed E-state index contributed by atoms with van der Waals surface area (Å²) < 4.78 is 4.87. The lowest BCUT2D eigenvalue weighted by atomic mass is 9.94. The zero-order chi connectivity index (χ0) is 14.6. The second kappa shape index (κ2) is 5.90. The third kappa shape index (κ3) is 3.47. The summed E-state index contributed by atoms with van der Waals surface area (Å²) in [5.41, 5.74) is 2.55. The normalized spacial score (nSPS) is 11.3. The highest BCUT2D eigenvalue weighted by Crippen LogP contribution is 2.19. The van der Waals surface area contributed by atoms with Crippen LogP contribution in [-0.2, 0) is 16.8 Å². The zero-order valence-corrected chi connectivity index (χ0v) is 12.1. The summed E-state index contributed by atoms with van der Waals surface area (Å²) >= 11 is 0. The van der Waals surface area contributed by atoms with Crippen molar-refractivity contribution in [1.29, 1.82) is 0 Å². The van der Waals surface area contributed by atoms with Gasteiger partial charge >= 0.3 is 0 Å². The third-order valence-electron chi connectivity index (χ3n) is 3.42. The molecular formula is C16H20N2O2. The molecule has 20 heavy (non-hydrogen) atoms. The number of nitrogens with one attached hydrogen (secondary N) is 1. The highest BCUT2D eigenvalue weighted by atomic mass is 16.5. The number of hydrogen-bond acceptors (Lipinski definition) is 3. The van der Waals surface area contributed by atoms with Crippen molar-refractivity contribution >= 4 is 5.91 Å². The molecule has 0 fully saturated rings. The molecule has 2 rings (SSSR count). The second-order valence-corrected chi connectivity index (χ2v) is 5.46. The van der Waals surface area contributed by atoms with Crippen LogP contribution in [0.1, 0.15) is 37.1 Å². The molecule has 1 aromatic carbocycles. The Morgan fingerprint density at radius 3 is 2.60 bits per heavy atom. The van der Waals surface area contributed by atoms with Crippen molar-refractivity contribution in [2.24, 2.45) is 0 Å². The number of carbonyl (C=O) groups is 1. The van der Waals surface area contributed by atoms with E-state index in [1.165, 1.54) is 0 Å². The Labute approximate surface area is 119 Å². The summed E-state index contributed by atoms with van der Waals surface area (Å²) in [6.07, 6.45) is 2.68. The first kappa shape index (κ1) is 14.3. The molecule has 0 radical (unpaired) electrons. The molecule has 1 heterocycles. The van der Waals surface area contributed by atoms with Crippen LogP contribution in [0.3, 0.4) is 0 Å². The molecule has 0 atom stereocenters. The largest absolute Gasteiger partial charge is 0.364 e. The predicted octanol–water partition coefficient (Wildman–Crippen LogP) is 2.97. The van der Waals surface area contributed by atoms with E-state index in [1.807, 2.05) is 51.1 Å². The Morgan fingerprint density at radius 2 is 2.00 bits per heavy atom. The van der Waals surface area contributed by atoms with E-state index in [4.69, 9.17) is 4.52 Å². The fraction of sp³-hybridized carbons (Fsp3) is 0.375. The van der Waals surface area contributed by atoms with E-state index in [-0.39, 0.29) is 11.4 Å². The van der Waals surface area contributed by atoms with Crippen molar-refractivity contribution in [3.8, 4) is 0 Å². The van der Waals surface area contributed by atoms with Gasteiger partial charge in [-0.25, -0.2) is 0 Å². The first-order chi connectivity index (χ1) is 9.49. The van der Waals surface area contributed by atoms with Crippen molar-refractivity contribution < 1.29 is 9.32 Å². The third-order valence-corrected chi connectivity index (χ3v) is 3.42. The SMILES string of the molecule is Cc1nocc1CCC(=O)NC(C)(C)c1ccccc1. The van der Waals surface area contributed by atoms with Crippen LogP contribution in [0.5, 0.6) is 0 Å². The minimum atomic E-state index is -0.373. The van der Waals surface area contributed by atoms with E-state index in [1.54, 1.807) is 6.26 Å². The van der Waals surface area contributed by atoms with E-state index in [2.05, 4.69) is 10.5 Å². The van der Waals surface area contributed by atoms with Gasteiger partial charge in [0.2, 0.25) is 5.91 Å². The molecule has 0 aliphatic heterocycles. The Morgan fingerprint density at radius 1 is 1.30 bits per heavy atom. The molecule has 4 heteroatoms. The minimum Gasteiger partial charge on any atom is -0.364 e. The van der Waals surface area contributed by atoms with Crippen molar-refractivity contribution in [3.05, 3.63) is 53.4 Å². The smallest absolute Gasteiger partial charge is 0.221 e. The summed E-state index contributed by atoms with van der Waals surface area (Å²) in [6.45, 7) is 5.89. The molecule has 0 aliphatic rings. The first-order valence-corrected chi connectivity index (χ1v) is 6.75. The van der Waals surface area contributed by atoms with E-state index in [9.17, 15) is 4.79 Å². The highest BCUT2D eigenvalue weighted by molar-refractivity contribution is 5.77. The Hall–Kier alpha value is -2.10. The molecule has 1 N–H and O–H groups in total. The van der Waals surface area contributed by atoms with Gasteiger partial charge in [-0.05, 0) is 32.8 Å². The predicted molar refractivity (Wildman–Crippen MR) is 77.2 cm³/mol. The highest BCUT2D eigenvalue weighted by Gasteiger charge is 2.22. The number of aryl methyl sites for hydroxylation is 2. The Balaban J connectivity index is 1.93. The summed E-state index contributed by atoms with van der Waals surface area (Å²) in [5.74, 6) is 0.0273. The zero-order valence-electron chi connectivity index (χ0n) is 12.1. The monoisotopic (exact) mass is 272 g/mol. The van der Waals surface area contributed by atoms with Crippen LogP contribution in [-0.4, -0.2) is 11.1 Å². The average Bonchev–Trinajstić information content (AvgIpc) is 2.82. The quantitative estimate of drug-likeness (QED) is 0.910. The van der Waals surface area contributed by atoms with Gasteiger partial charge in [0, 0.05) is 12.0 Å². The molecular weight excluding hydrogens is 252 g/mol. The lowest BCUT2D eigenvalue weighted by molar-refractivity contribution is -0.122. The molecule has 1 aromatic heterocycles. The summed E-state index contributed by atoms with van der Waals surface area (Å²) in [7, 11) is 0. The van der Waals surface area contributed by atoms with E-state index in [0.717, 1.165) is 16.8 Å². The molecule has 0 spiro atoms. The number of amides is 1. The minimum absolute atomic E-state index is 0.0273. The van der Waals surface area contributed by atoms with E-state index in [0.29, 0.717) is 12.8 Å². The van der Waals surface area contributed by atoms with Crippen molar-refractivity contribution in [3.63, 3.8) is 0 Å². The van der Waals surface area contributed by atoms with Gasteiger partial charge in [-0.2, -0.15) is 0 Å². The Bertz CT molecular complexity index is 573. The summed E-state index contributed by atoms with van der Waals surface area (Å²) in [5, 5.41) is 6.87. The summed E-state index contributed by atoms with van der Waals surface area (Å²) in [4.78, 5) is 12.1. The van der Waals surface area contributed by atoms with Gasteiger partial charge in [0.15, 0.2) is 0 Å². The van der Waals surface area contributed by atoms with Crippen LogP contribution >= 0.6 is 0 Å². The lowest BCUT2D eigenvalue weighted by Crippen LogP contribution is -2.41. The molecule has 0 saturated carbocycles. The van der Waals surface area contributed by atoms with Crippen LogP contribution in [0.4, 0.5) is 0 Å².